The van der Waals surface area contributed by atoms with E-state index in [-0.39, 0.29) is 5.91 Å². The second kappa shape index (κ2) is 8.70. The lowest BCUT2D eigenvalue weighted by Crippen LogP contribution is -2.49. The van der Waals surface area contributed by atoms with Crippen LogP contribution in [0.5, 0.6) is 5.75 Å². The molecule has 0 spiro atoms. The summed E-state index contributed by atoms with van der Waals surface area (Å²) in [5.41, 5.74) is 5.95. The molecule has 2 aromatic carbocycles. The van der Waals surface area contributed by atoms with Crippen LogP contribution in [-0.2, 0) is 6.54 Å². The Labute approximate surface area is 194 Å². The minimum absolute atomic E-state index is 0.0561. The van der Waals surface area contributed by atoms with Crippen molar-refractivity contribution < 1.29 is 13.9 Å². The fourth-order valence-electron chi connectivity index (χ4n) is 4.51. The predicted molar refractivity (Wildman–Crippen MR) is 130 cm³/mol. The van der Waals surface area contributed by atoms with E-state index < -0.39 is 0 Å². The number of piperazine rings is 1. The van der Waals surface area contributed by atoms with Gasteiger partial charge < -0.3 is 23.5 Å². The Morgan fingerprint density at radius 1 is 0.939 bits per heavy atom. The first-order valence-electron chi connectivity index (χ1n) is 11.4. The van der Waals surface area contributed by atoms with Gasteiger partial charge >= 0.3 is 0 Å². The lowest BCUT2D eigenvalue weighted by Gasteiger charge is -2.36. The molecule has 1 fully saturated rings. The van der Waals surface area contributed by atoms with Crippen LogP contribution in [0.3, 0.4) is 0 Å². The number of carbonyl (C=O) groups is 1. The van der Waals surface area contributed by atoms with Crippen molar-refractivity contribution in [3.05, 3.63) is 83.2 Å². The Morgan fingerprint density at radius 3 is 2.30 bits per heavy atom. The van der Waals surface area contributed by atoms with Crippen molar-refractivity contribution in [1.29, 1.82) is 0 Å². The van der Waals surface area contributed by atoms with Gasteiger partial charge in [0.1, 0.15) is 17.2 Å². The van der Waals surface area contributed by atoms with Crippen molar-refractivity contribution >= 4 is 22.7 Å². The minimum Gasteiger partial charge on any atom is -0.497 e. The Balaban J connectivity index is 1.36. The summed E-state index contributed by atoms with van der Waals surface area (Å²) < 4.78 is 13.2. The summed E-state index contributed by atoms with van der Waals surface area (Å²) in [6.45, 7) is 7.61. The van der Waals surface area contributed by atoms with Crippen molar-refractivity contribution in [2.75, 3.05) is 38.2 Å². The molecule has 6 heteroatoms. The number of methoxy groups -OCH3 is 1. The highest BCUT2D eigenvalue weighted by Crippen LogP contribution is 2.27. The van der Waals surface area contributed by atoms with E-state index in [1.807, 2.05) is 36.1 Å². The molecule has 0 aliphatic carbocycles. The van der Waals surface area contributed by atoms with Crippen LogP contribution in [0.2, 0.25) is 0 Å². The average Bonchev–Trinajstić information content (AvgIpc) is 3.37. The van der Waals surface area contributed by atoms with Crippen molar-refractivity contribution in [3.8, 4) is 5.75 Å². The number of rotatable bonds is 5. The van der Waals surface area contributed by atoms with Crippen LogP contribution in [0.4, 0.5) is 5.69 Å². The number of aromatic nitrogens is 1. The maximum absolute atomic E-state index is 13.6. The quantitative estimate of drug-likeness (QED) is 0.442. The zero-order valence-corrected chi connectivity index (χ0v) is 19.4. The van der Waals surface area contributed by atoms with E-state index in [0.29, 0.717) is 25.3 Å². The Hall–Kier alpha value is -3.67. The molecular formula is C27H29N3O3. The Bertz CT molecular complexity index is 1260. The molecule has 1 aliphatic rings. The number of hydrogen-bond acceptors (Lipinski definition) is 4. The third-order valence-corrected chi connectivity index (χ3v) is 6.40. The molecule has 1 saturated heterocycles. The molecule has 1 amide bonds. The minimum atomic E-state index is 0.0561. The SMILES string of the molecule is COc1ccc(N2CCN(C(=O)c3cc4oc(C)cc4n3Cc3ccc(C)cc3)CC2)cc1. The highest BCUT2D eigenvalue weighted by molar-refractivity contribution is 5.98. The molecular weight excluding hydrogens is 414 g/mol. The highest BCUT2D eigenvalue weighted by Gasteiger charge is 2.26. The number of fused-ring (bicyclic) bond motifs is 1. The van der Waals surface area contributed by atoms with Gasteiger partial charge in [-0.25, -0.2) is 0 Å². The predicted octanol–water partition coefficient (Wildman–Crippen LogP) is 4.87. The first-order chi connectivity index (χ1) is 16.0. The zero-order valence-electron chi connectivity index (χ0n) is 19.4. The molecule has 0 N–H and O–H groups in total. The summed E-state index contributed by atoms with van der Waals surface area (Å²) >= 11 is 0. The lowest BCUT2D eigenvalue weighted by atomic mass is 10.1. The molecule has 0 radical (unpaired) electrons. The largest absolute Gasteiger partial charge is 0.497 e. The molecule has 3 heterocycles. The highest BCUT2D eigenvalue weighted by atomic mass is 16.5. The van der Waals surface area contributed by atoms with Crippen LogP contribution in [-0.4, -0.2) is 48.7 Å². The van der Waals surface area contributed by atoms with Crippen LogP contribution >= 0.6 is 0 Å². The molecule has 33 heavy (non-hydrogen) atoms. The molecule has 0 saturated carbocycles. The first kappa shape index (κ1) is 21.2. The van der Waals surface area contributed by atoms with E-state index >= 15 is 0 Å². The molecule has 5 rings (SSSR count). The fraction of sp³-hybridized carbons (Fsp3) is 0.296. The average molecular weight is 444 g/mol. The number of hydrogen-bond donors (Lipinski definition) is 0. The van der Waals surface area contributed by atoms with Gasteiger partial charge in [0.15, 0.2) is 5.58 Å². The summed E-state index contributed by atoms with van der Waals surface area (Å²) in [7, 11) is 1.67. The van der Waals surface area contributed by atoms with Gasteiger partial charge in [0.05, 0.1) is 12.6 Å². The van der Waals surface area contributed by atoms with Crippen LogP contribution in [0.25, 0.3) is 11.1 Å². The number of anilines is 1. The van der Waals surface area contributed by atoms with E-state index in [9.17, 15) is 4.79 Å². The normalized spacial score (nSPS) is 14.2. The van der Waals surface area contributed by atoms with Crippen LogP contribution in [0, 0.1) is 13.8 Å². The van der Waals surface area contributed by atoms with Gasteiger partial charge in [-0.05, 0) is 43.7 Å². The van der Waals surface area contributed by atoms with Crippen molar-refractivity contribution in [1.82, 2.24) is 9.47 Å². The van der Waals surface area contributed by atoms with E-state index in [0.717, 1.165) is 46.9 Å². The van der Waals surface area contributed by atoms with Gasteiger partial charge in [-0.15, -0.1) is 0 Å². The zero-order chi connectivity index (χ0) is 22.9. The van der Waals surface area contributed by atoms with Crippen molar-refractivity contribution in [2.24, 2.45) is 0 Å². The smallest absolute Gasteiger partial charge is 0.270 e. The van der Waals surface area contributed by atoms with Gasteiger partial charge in [0.25, 0.3) is 5.91 Å². The van der Waals surface area contributed by atoms with E-state index in [1.54, 1.807) is 7.11 Å². The van der Waals surface area contributed by atoms with Gasteiger partial charge in [0, 0.05) is 50.5 Å². The summed E-state index contributed by atoms with van der Waals surface area (Å²) in [6.07, 6.45) is 0. The molecule has 0 bridgehead atoms. The summed E-state index contributed by atoms with van der Waals surface area (Å²) in [4.78, 5) is 17.8. The van der Waals surface area contributed by atoms with Crippen molar-refractivity contribution in [3.63, 3.8) is 0 Å². The standard InChI is InChI=1S/C27H29N3O3/c1-19-4-6-21(7-5-19)18-30-24-16-20(2)33-26(24)17-25(30)27(31)29-14-12-28(13-15-29)22-8-10-23(32-3)11-9-22/h4-11,16-17H,12-15,18H2,1-3H3. The second-order valence-electron chi connectivity index (χ2n) is 8.69. The van der Waals surface area contributed by atoms with Gasteiger partial charge in [-0.2, -0.15) is 0 Å². The number of amides is 1. The van der Waals surface area contributed by atoms with Crippen molar-refractivity contribution in [2.45, 2.75) is 20.4 Å². The molecule has 0 unspecified atom stereocenters. The maximum atomic E-state index is 13.6. The van der Waals surface area contributed by atoms with Crippen LogP contribution < -0.4 is 9.64 Å². The first-order valence-corrected chi connectivity index (χ1v) is 11.4. The second-order valence-corrected chi connectivity index (χ2v) is 8.69. The van der Waals surface area contributed by atoms with E-state index in [2.05, 4.69) is 52.8 Å². The Morgan fingerprint density at radius 2 is 1.64 bits per heavy atom. The van der Waals surface area contributed by atoms with Gasteiger partial charge in [0.2, 0.25) is 0 Å². The topological polar surface area (TPSA) is 50.9 Å². The van der Waals surface area contributed by atoms with Crippen LogP contribution in [0.15, 0.2) is 65.1 Å². The maximum Gasteiger partial charge on any atom is 0.270 e. The number of furan rings is 1. The van der Waals surface area contributed by atoms with Gasteiger partial charge in [-0.1, -0.05) is 29.8 Å². The van der Waals surface area contributed by atoms with Gasteiger partial charge in [-0.3, -0.25) is 4.79 Å². The Kier molecular flexibility index (Phi) is 5.58. The molecule has 0 atom stereocenters. The molecule has 4 aromatic rings. The number of carbonyl (C=O) groups excluding carboxylic acids is 1. The number of ether oxygens (including phenoxy) is 1. The molecule has 6 nitrogen and oxygen atoms in total. The monoisotopic (exact) mass is 443 g/mol. The number of aryl methyl sites for hydroxylation is 2. The van der Waals surface area contributed by atoms with E-state index in [1.165, 1.54) is 5.56 Å². The molecule has 170 valence electrons. The third kappa shape index (κ3) is 4.21. The lowest BCUT2D eigenvalue weighted by molar-refractivity contribution is 0.0737. The summed E-state index contributed by atoms with van der Waals surface area (Å²) in [5, 5.41) is 0. The summed E-state index contributed by atoms with van der Waals surface area (Å²) in [5.74, 6) is 1.76. The van der Waals surface area contributed by atoms with E-state index in [4.69, 9.17) is 9.15 Å². The third-order valence-electron chi connectivity index (χ3n) is 6.40. The molecule has 1 aliphatic heterocycles. The number of nitrogens with zero attached hydrogens (tertiary/aromatic N) is 3. The number of benzene rings is 2. The fourth-order valence-corrected chi connectivity index (χ4v) is 4.51. The summed E-state index contributed by atoms with van der Waals surface area (Å²) in [6, 6.07) is 20.5. The molecule has 2 aromatic heterocycles. The van der Waals surface area contributed by atoms with Crippen LogP contribution in [0.1, 0.15) is 27.4 Å².